The Morgan fingerprint density at radius 3 is 3.00 bits per heavy atom. The Morgan fingerprint density at radius 2 is 2.40 bits per heavy atom. The molecule has 56 valence electrons. The number of aryl methyl sites for hydroxylation is 1. The highest BCUT2D eigenvalue weighted by molar-refractivity contribution is 4.68. The average molecular weight is 141 g/mol. The molecule has 1 aromatic rings. The lowest BCUT2D eigenvalue weighted by molar-refractivity contribution is -0.798. The van der Waals surface area contributed by atoms with Gasteiger partial charge >= 0.3 is 0 Å². The number of hydrogen-bond donors (Lipinski definition) is 0. The van der Waals surface area contributed by atoms with Crippen LogP contribution in [0.15, 0.2) is 18.5 Å². The molecule has 3 heteroatoms. The second-order valence-electron chi connectivity index (χ2n) is 2.14. The molecule has 0 fully saturated rings. The molecule has 0 aliphatic heterocycles. The van der Waals surface area contributed by atoms with E-state index in [0.29, 0.717) is 0 Å². The molecule has 1 rings (SSSR count). The maximum Gasteiger partial charge on any atom is 0.199 e. The van der Waals surface area contributed by atoms with Crippen molar-refractivity contribution >= 4 is 0 Å². The summed E-state index contributed by atoms with van der Waals surface area (Å²) < 4.78 is 2.01. The van der Waals surface area contributed by atoms with Crippen molar-refractivity contribution in [3.63, 3.8) is 0 Å². The largest absolute Gasteiger partial charge is 0.372 e. The SMILES string of the molecule is CCC[n+]1cccn1OC. The normalized spacial score (nSPS) is 9.80. The van der Waals surface area contributed by atoms with Crippen LogP contribution in [0.25, 0.3) is 0 Å². The number of rotatable bonds is 3. The van der Waals surface area contributed by atoms with Gasteiger partial charge in [-0.25, -0.2) is 0 Å². The van der Waals surface area contributed by atoms with E-state index in [4.69, 9.17) is 4.84 Å². The first-order valence-electron chi connectivity index (χ1n) is 3.50. The molecule has 1 aromatic heterocycles. The third-order valence-electron chi connectivity index (χ3n) is 1.36. The zero-order valence-electron chi connectivity index (χ0n) is 6.45. The summed E-state index contributed by atoms with van der Waals surface area (Å²) in [4.78, 5) is 6.73. The summed E-state index contributed by atoms with van der Waals surface area (Å²) >= 11 is 0. The van der Waals surface area contributed by atoms with Gasteiger partial charge in [0.1, 0.15) is 13.3 Å². The molecule has 0 bridgehead atoms. The maximum atomic E-state index is 5.02. The molecular formula is C7H13N2O+. The molecule has 0 N–H and O–H groups in total. The van der Waals surface area contributed by atoms with E-state index in [1.54, 1.807) is 12.0 Å². The Hall–Kier alpha value is -0.990. The van der Waals surface area contributed by atoms with Gasteiger partial charge in [-0.1, -0.05) is 11.6 Å². The van der Waals surface area contributed by atoms with Crippen molar-refractivity contribution in [3.8, 4) is 0 Å². The van der Waals surface area contributed by atoms with Crippen molar-refractivity contribution in [2.45, 2.75) is 19.9 Å². The van der Waals surface area contributed by atoms with Gasteiger partial charge in [0.2, 0.25) is 0 Å². The third kappa shape index (κ3) is 1.29. The molecule has 0 spiro atoms. The summed E-state index contributed by atoms with van der Waals surface area (Å²) in [5.41, 5.74) is 0. The van der Waals surface area contributed by atoms with Crippen LogP contribution in [0.3, 0.4) is 0 Å². The van der Waals surface area contributed by atoms with Crippen LogP contribution in [0.5, 0.6) is 0 Å². The summed E-state index contributed by atoms with van der Waals surface area (Å²) in [6, 6.07) is 1.96. The van der Waals surface area contributed by atoms with Gasteiger partial charge in [0.05, 0.1) is 0 Å². The fourth-order valence-electron chi connectivity index (χ4n) is 0.931. The van der Waals surface area contributed by atoms with Crippen LogP contribution < -0.4 is 9.52 Å². The van der Waals surface area contributed by atoms with Crippen molar-refractivity contribution in [1.82, 2.24) is 4.85 Å². The first-order valence-corrected chi connectivity index (χ1v) is 3.50. The Balaban J connectivity index is 2.70. The summed E-state index contributed by atoms with van der Waals surface area (Å²) in [5.74, 6) is 0. The Kier molecular flexibility index (Phi) is 2.31. The van der Waals surface area contributed by atoms with Crippen molar-refractivity contribution in [1.29, 1.82) is 0 Å². The summed E-state index contributed by atoms with van der Waals surface area (Å²) in [6.45, 7) is 3.14. The van der Waals surface area contributed by atoms with Gasteiger partial charge in [0.25, 0.3) is 0 Å². The van der Waals surface area contributed by atoms with Gasteiger partial charge in [0, 0.05) is 17.3 Å². The zero-order chi connectivity index (χ0) is 7.40. The third-order valence-corrected chi connectivity index (χ3v) is 1.36. The first kappa shape index (κ1) is 7.12. The second kappa shape index (κ2) is 3.25. The highest BCUT2D eigenvalue weighted by Crippen LogP contribution is 1.79. The molecule has 0 aliphatic carbocycles. The van der Waals surface area contributed by atoms with Gasteiger partial charge in [-0.05, 0) is 0 Å². The number of aromatic nitrogens is 2. The lowest BCUT2D eigenvalue weighted by Gasteiger charge is -1.96. The number of hydrogen-bond acceptors (Lipinski definition) is 1. The topological polar surface area (TPSA) is 18.0 Å². The van der Waals surface area contributed by atoms with E-state index in [-0.39, 0.29) is 0 Å². The summed E-state index contributed by atoms with van der Waals surface area (Å²) in [5, 5.41) is 0. The second-order valence-corrected chi connectivity index (χ2v) is 2.14. The zero-order valence-corrected chi connectivity index (χ0v) is 6.45. The molecule has 0 aliphatic rings. The summed E-state index contributed by atoms with van der Waals surface area (Å²) in [7, 11) is 1.66. The van der Waals surface area contributed by atoms with E-state index < -0.39 is 0 Å². The van der Waals surface area contributed by atoms with Crippen molar-refractivity contribution in [2.75, 3.05) is 7.11 Å². The smallest absolute Gasteiger partial charge is 0.199 e. The average Bonchev–Trinajstić information content (AvgIpc) is 2.36. The minimum atomic E-state index is 1.00. The van der Waals surface area contributed by atoms with Crippen LogP contribution in [-0.4, -0.2) is 12.0 Å². The van der Waals surface area contributed by atoms with Crippen LogP contribution in [0.1, 0.15) is 13.3 Å². The Morgan fingerprint density at radius 1 is 1.60 bits per heavy atom. The highest BCUT2D eigenvalue weighted by Gasteiger charge is 2.03. The predicted octanol–water partition coefficient (Wildman–Crippen LogP) is 0.244. The highest BCUT2D eigenvalue weighted by atomic mass is 16.7. The van der Waals surface area contributed by atoms with Gasteiger partial charge in [-0.15, -0.1) is 0 Å². The Labute approximate surface area is 60.8 Å². The molecule has 0 amide bonds. The van der Waals surface area contributed by atoms with Crippen molar-refractivity contribution < 1.29 is 9.52 Å². The van der Waals surface area contributed by atoms with E-state index in [0.717, 1.165) is 13.0 Å². The standard InChI is InChI=1S/C7H13N2O/c1-3-5-8-6-4-7-9(8)10-2/h4,6-7H,3,5H2,1-2H3/q+1. The van der Waals surface area contributed by atoms with Crippen LogP contribution in [0, 0.1) is 0 Å². The summed E-state index contributed by atoms with van der Waals surface area (Å²) in [6.07, 6.45) is 5.00. The minimum absolute atomic E-state index is 1.00. The van der Waals surface area contributed by atoms with Gasteiger partial charge in [0.15, 0.2) is 12.7 Å². The quantitative estimate of drug-likeness (QED) is 0.552. The van der Waals surface area contributed by atoms with Crippen LogP contribution in [0.4, 0.5) is 0 Å². The van der Waals surface area contributed by atoms with E-state index in [2.05, 4.69) is 6.92 Å². The van der Waals surface area contributed by atoms with E-state index >= 15 is 0 Å². The van der Waals surface area contributed by atoms with Crippen LogP contribution in [0.2, 0.25) is 0 Å². The fraction of sp³-hybridized carbons (Fsp3) is 0.571. The molecule has 0 radical (unpaired) electrons. The fourth-order valence-corrected chi connectivity index (χ4v) is 0.931. The van der Waals surface area contributed by atoms with Crippen molar-refractivity contribution in [3.05, 3.63) is 18.5 Å². The minimum Gasteiger partial charge on any atom is -0.372 e. The van der Waals surface area contributed by atoms with Gasteiger partial charge < -0.3 is 4.84 Å². The predicted molar refractivity (Wildman–Crippen MR) is 37.4 cm³/mol. The van der Waals surface area contributed by atoms with E-state index in [9.17, 15) is 0 Å². The van der Waals surface area contributed by atoms with Crippen molar-refractivity contribution in [2.24, 2.45) is 0 Å². The monoisotopic (exact) mass is 141 g/mol. The molecule has 10 heavy (non-hydrogen) atoms. The molecule has 0 unspecified atom stereocenters. The lowest BCUT2D eigenvalue weighted by atomic mass is 10.5. The molecule has 3 nitrogen and oxygen atoms in total. The van der Waals surface area contributed by atoms with Crippen LogP contribution >= 0.6 is 0 Å². The van der Waals surface area contributed by atoms with Gasteiger partial charge in [-0.3, -0.25) is 0 Å². The van der Waals surface area contributed by atoms with Crippen LogP contribution in [-0.2, 0) is 6.54 Å². The molecule has 0 atom stereocenters. The van der Waals surface area contributed by atoms with E-state index in [1.807, 2.05) is 23.1 Å². The molecular weight excluding hydrogens is 128 g/mol. The lowest BCUT2D eigenvalue weighted by Crippen LogP contribution is -2.44. The molecule has 0 saturated carbocycles. The van der Waals surface area contributed by atoms with E-state index in [1.165, 1.54) is 0 Å². The molecule has 0 aromatic carbocycles. The number of nitrogens with zero attached hydrogens (tertiary/aromatic N) is 2. The molecule has 0 saturated heterocycles. The maximum absolute atomic E-state index is 5.02. The molecule has 1 heterocycles. The first-order chi connectivity index (χ1) is 4.88. The Bertz CT molecular complexity index is 195. The van der Waals surface area contributed by atoms with Gasteiger partial charge in [-0.2, -0.15) is 0 Å².